The van der Waals surface area contributed by atoms with Crippen molar-refractivity contribution in [3.63, 3.8) is 0 Å². The van der Waals surface area contributed by atoms with Crippen molar-refractivity contribution in [1.29, 1.82) is 0 Å². The topological polar surface area (TPSA) is 61.8 Å². The Morgan fingerprint density at radius 1 is 1.04 bits per heavy atom. The van der Waals surface area contributed by atoms with Crippen LogP contribution in [0.5, 0.6) is 0 Å². The Morgan fingerprint density at radius 3 is 2.22 bits per heavy atom. The number of imidazole rings is 1. The molecule has 4 rings (SSSR count). The van der Waals surface area contributed by atoms with Crippen LogP contribution in [0.4, 0.5) is 13.2 Å². The molecule has 27 heavy (non-hydrogen) atoms. The van der Waals surface area contributed by atoms with E-state index in [1.165, 1.54) is 9.13 Å². The lowest BCUT2D eigenvalue weighted by atomic mass is 9.81. The maximum Gasteiger partial charge on any atom is 0.391 e. The van der Waals surface area contributed by atoms with Gasteiger partial charge < -0.3 is 4.57 Å². The summed E-state index contributed by atoms with van der Waals surface area (Å²) in [6.07, 6.45) is 0.563. The van der Waals surface area contributed by atoms with Gasteiger partial charge in [0.05, 0.1) is 12.2 Å². The van der Waals surface area contributed by atoms with Crippen LogP contribution in [0.25, 0.3) is 11.2 Å². The molecule has 2 aliphatic carbocycles. The zero-order valence-electron chi connectivity index (χ0n) is 15.2. The van der Waals surface area contributed by atoms with Crippen LogP contribution in [-0.4, -0.2) is 24.9 Å². The zero-order chi connectivity index (χ0) is 19.3. The molecule has 0 N–H and O–H groups in total. The number of halogens is 3. The van der Waals surface area contributed by atoms with Gasteiger partial charge in [0.25, 0.3) is 5.56 Å². The van der Waals surface area contributed by atoms with E-state index in [9.17, 15) is 22.8 Å². The van der Waals surface area contributed by atoms with Gasteiger partial charge in [0.1, 0.15) is 0 Å². The molecule has 2 heterocycles. The lowest BCUT2D eigenvalue weighted by Crippen LogP contribution is -2.42. The minimum Gasteiger partial charge on any atom is -0.324 e. The summed E-state index contributed by atoms with van der Waals surface area (Å²) < 4.78 is 42.9. The number of nitrogens with zero attached hydrogens (tertiary/aromatic N) is 4. The summed E-state index contributed by atoms with van der Waals surface area (Å²) in [5.41, 5.74) is -0.0676. The van der Waals surface area contributed by atoms with Gasteiger partial charge in [-0.05, 0) is 50.4 Å². The predicted octanol–water partition coefficient (Wildman–Crippen LogP) is 2.68. The van der Waals surface area contributed by atoms with Gasteiger partial charge in [-0.1, -0.05) is 0 Å². The second kappa shape index (κ2) is 6.53. The van der Waals surface area contributed by atoms with Gasteiger partial charge in [-0.25, -0.2) is 9.78 Å². The molecular weight excluding hydrogens is 361 g/mol. The molecule has 0 atom stereocenters. The predicted molar refractivity (Wildman–Crippen MR) is 93.5 cm³/mol. The number of aryl methyl sites for hydroxylation is 1. The van der Waals surface area contributed by atoms with E-state index in [4.69, 9.17) is 0 Å². The summed E-state index contributed by atoms with van der Waals surface area (Å²) >= 11 is 0. The van der Waals surface area contributed by atoms with Crippen molar-refractivity contribution < 1.29 is 13.2 Å². The van der Waals surface area contributed by atoms with E-state index in [2.05, 4.69) is 4.98 Å². The molecule has 148 valence electrons. The third-order valence-electron chi connectivity index (χ3n) is 6.00. The lowest BCUT2D eigenvalue weighted by molar-refractivity contribution is -0.184. The number of hydrogen-bond acceptors (Lipinski definition) is 3. The van der Waals surface area contributed by atoms with Crippen LogP contribution in [-0.2, 0) is 20.1 Å². The van der Waals surface area contributed by atoms with Crippen molar-refractivity contribution in [1.82, 2.24) is 18.7 Å². The fraction of sp³-hybridized carbons (Fsp3) is 0.722. The highest BCUT2D eigenvalue weighted by Gasteiger charge is 2.41. The average Bonchev–Trinajstić information content (AvgIpc) is 3.33. The second-order valence-electron chi connectivity index (χ2n) is 8.03. The minimum atomic E-state index is -4.16. The van der Waals surface area contributed by atoms with Crippen LogP contribution in [0.15, 0.2) is 15.9 Å². The molecule has 0 aromatic carbocycles. The van der Waals surface area contributed by atoms with E-state index in [1.807, 2.05) is 4.57 Å². The summed E-state index contributed by atoms with van der Waals surface area (Å²) in [5, 5.41) is 0. The number of alkyl halides is 3. The monoisotopic (exact) mass is 384 g/mol. The Balaban J connectivity index is 1.62. The van der Waals surface area contributed by atoms with E-state index < -0.39 is 17.8 Å². The van der Waals surface area contributed by atoms with Gasteiger partial charge in [0.15, 0.2) is 11.2 Å². The summed E-state index contributed by atoms with van der Waals surface area (Å²) in [7, 11) is 1.58. The molecule has 0 bridgehead atoms. The third-order valence-corrected chi connectivity index (χ3v) is 6.00. The Kier molecular flexibility index (Phi) is 4.43. The van der Waals surface area contributed by atoms with Crippen LogP contribution >= 0.6 is 0 Å². The first-order valence-corrected chi connectivity index (χ1v) is 9.47. The summed E-state index contributed by atoms with van der Waals surface area (Å²) in [5.74, 6) is -0.813. The number of fused-ring (bicyclic) bond motifs is 1. The van der Waals surface area contributed by atoms with Gasteiger partial charge in [-0.15, -0.1) is 0 Å². The van der Waals surface area contributed by atoms with Crippen molar-refractivity contribution in [2.45, 2.75) is 57.8 Å². The smallest absolute Gasteiger partial charge is 0.324 e. The van der Waals surface area contributed by atoms with Gasteiger partial charge in [-0.2, -0.15) is 13.2 Å². The van der Waals surface area contributed by atoms with E-state index in [1.54, 1.807) is 13.4 Å². The van der Waals surface area contributed by atoms with Gasteiger partial charge in [-0.3, -0.25) is 13.9 Å². The first-order chi connectivity index (χ1) is 12.8. The fourth-order valence-corrected chi connectivity index (χ4v) is 4.13. The number of rotatable bonds is 4. The Morgan fingerprint density at radius 2 is 1.63 bits per heavy atom. The normalized spacial score (nSPS) is 23.9. The fourth-order valence-electron chi connectivity index (χ4n) is 4.13. The lowest BCUT2D eigenvalue weighted by Gasteiger charge is -2.30. The molecule has 2 aromatic rings. The molecule has 0 amide bonds. The quantitative estimate of drug-likeness (QED) is 0.814. The van der Waals surface area contributed by atoms with E-state index in [0.717, 1.165) is 12.8 Å². The maximum atomic E-state index is 13.0. The molecule has 6 nitrogen and oxygen atoms in total. The number of hydrogen-bond donors (Lipinski definition) is 0. The van der Waals surface area contributed by atoms with Crippen molar-refractivity contribution in [2.75, 3.05) is 0 Å². The molecule has 0 radical (unpaired) electrons. The number of aromatic nitrogens is 4. The van der Waals surface area contributed by atoms with Crippen molar-refractivity contribution >= 4 is 11.2 Å². The molecular formula is C18H23F3N4O2. The molecule has 0 saturated heterocycles. The Bertz CT molecular complexity index is 960. The molecule has 0 spiro atoms. The summed E-state index contributed by atoms with van der Waals surface area (Å²) in [4.78, 5) is 29.9. The second-order valence-corrected chi connectivity index (χ2v) is 8.03. The van der Waals surface area contributed by atoms with Crippen molar-refractivity contribution in [3.05, 3.63) is 27.2 Å². The highest BCUT2D eigenvalue weighted by molar-refractivity contribution is 5.69. The Labute approximate surface area is 153 Å². The molecule has 2 saturated carbocycles. The van der Waals surface area contributed by atoms with Gasteiger partial charge in [0, 0.05) is 20.1 Å². The zero-order valence-corrected chi connectivity index (χ0v) is 15.2. The maximum absolute atomic E-state index is 13.0. The highest BCUT2D eigenvalue weighted by atomic mass is 19.4. The molecule has 9 heteroatoms. The third kappa shape index (κ3) is 3.43. The van der Waals surface area contributed by atoms with E-state index in [0.29, 0.717) is 36.5 Å². The summed E-state index contributed by atoms with van der Waals surface area (Å²) in [6.45, 7) is 0.876. The average molecular weight is 384 g/mol. The van der Waals surface area contributed by atoms with Crippen molar-refractivity contribution in [2.24, 2.45) is 24.8 Å². The molecule has 2 fully saturated rings. The minimum absolute atomic E-state index is 0.0606. The largest absolute Gasteiger partial charge is 0.391 e. The standard InChI is InChI=1S/C18H23F3N4O2/c1-23-15-14(24(10-22-15)8-11-2-3-11)16(26)25(17(23)27)9-12-4-6-13(7-5-12)18(19,20)21/h10-13H,2-9H2,1H3. The van der Waals surface area contributed by atoms with E-state index in [-0.39, 0.29) is 30.9 Å². The van der Waals surface area contributed by atoms with Crippen molar-refractivity contribution in [3.8, 4) is 0 Å². The summed E-state index contributed by atoms with van der Waals surface area (Å²) in [6, 6.07) is 0. The van der Waals surface area contributed by atoms with Crippen LogP contribution < -0.4 is 11.2 Å². The van der Waals surface area contributed by atoms with Crippen LogP contribution in [0.2, 0.25) is 0 Å². The van der Waals surface area contributed by atoms with Crippen LogP contribution in [0, 0.1) is 17.8 Å². The molecule has 0 aliphatic heterocycles. The van der Waals surface area contributed by atoms with E-state index >= 15 is 0 Å². The first kappa shape index (κ1) is 18.3. The highest BCUT2D eigenvalue weighted by Crippen LogP contribution is 2.39. The van der Waals surface area contributed by atoms with Gasteiger partial charge >= 0.3 is 11.9 Å². The molecule has 2 aliphatic rings. The molecule has 0 unspecified atom stereocenters. The van der Waals surface area contributed by atoms with Crippen LogP contribution in [0.1, 0.15) is 38.5 Å². The SMILES string of the molecule is Cn1c(=O)n(CC2CCC(C(F)(F)F)CC2)c(=O)c2c1ncn2CC1CC1. The van der Waals surface area contributed by atoms with Crippen LogP contribution in [0.3, 0.4) is 0 Å². The molecule has 2 aromatic heterocycles. The Hall–Kier alpha value is -2.06. The first-order valence-electron chi connectivity index (χ1n) is 9.47. The van der Waals surface area contributed by atoms with Gasteiger partial charge in [0.2, 0.25) is 0 Å².